The van der Waals surface area contributed by atoms with Crippen molar-refractivity contribution >= 4 is 28.1 Å². The SMILES string of the molecule is COC(=O)C(Cc1ccc(NS(=O)(=O)O)cc1)NC(=O)OC(C)(C)C. The summed E-state index contributed by atoms with van der Waals surface area (Å²) in [5.41, 5.74) is 0.0710. The van der Waals surface area contributed by atoms with Crippen molar-refractivity contribution in [1.82, 2.24) is 5.32 Å². The molecule has 0 saturated carbocycles. The van der Waals surface area contributed by atoms with Crippen molar-refractivity contribution in [3.05, 3.63) is 29.8 Å². The monoisotopic (exact) mass is 374 g/mol. The Labute approximate surface area is 146 Å². The minimum absolute atomic E-state index is 0.109. The highest BCUT2D eigenvalue weighted by molar-refractivity contribution is 7.87. The molecule has 0 spiro atoms. The zero-order chi connectivity index (χ0) is 19.3. The number of alkyl carbamates (subject to hydrolysis) is 1. The number of carbonyl (C=O) groups excluding carboxylic acids is 2. The fraction of sp³-hybridized carbons (Fsp3) is 0.467. The van der Waals surface area contributed by atoms with Crippen LogP contribution in [0.3, 0.4) is 0 Å². The first-order valence-corrected chi connectivity index (χ1v) is 8.75. The number of amides is 1. The van der Waals surface area contributed by atoms with Crippen LogP contribution in [0.1, 0.15) is 26.3 Å². The van der Waals surface area contributed by atoms with E-state index in [-0.39, 0.29) is 12.1 Å². The topological polar surface area (TPSA) is 131 Å². The molecule has 0 heterocycles. The minimum atomic E-state index is -4.36. The molecule has 0 saturated heterocycles. The molecule has 1 aromatic rings. The van der Waals surface area contributed by atoms with Crippen LogP contribution in [0, 0.1) is 0 Å². The number of hydrogen-bond acceptors (Lipinski definition) is 6. The maximum Gasteiger partial charge on any atom is 0.408 e. The van der Waals surface area contributed by atoms with Crippen LogP contribution in [0.25, 0.3) is 0 Å². The van der Waals surface area contributed by atoms with Gasteiger partial charge in [0, 0.05) is 6.42 Å². The molecule has 0 bridgehead atoms. The molecule has 0 aromatic heterocycles. The van der Waals surface area contributed by atoms with Gasteiger partial charge in [0.2, 0.25) is 0 Å². The summed E-state index contributed by atoms with van der Waals surface area (Å²) in [4.78, 5) is 23.7. The third kappa shape index (κ3) is 8.36. The zero-order valence-corrected chi connectivity index (χ0v) is 15.2. The van der Waals surface area contributed by atoms with Gasteiger partial charge in [-0.15, -0.1) is 0 Å². The van der Waals surface area contributed by atoms with E-state index in [0.29, 0.717) is 5.56 Å². The smallest absolute Gasteiger partial charge is 0.408 e. The van der Waals surface area contributed by atoms with Gasteiger partial charge in [-0.25, -0.2) is 9.59 Å². The molecule has 0 fully saturated rings. The Bertz CT molecular complexity index is 708. The fourth-order valence-electron chi connectivity index (χ4n) is 1.88. The molecule has 10 heteroatoms. The van der Waals surface area contributed by atoms with Crippen molar-refractivity contribution < 1.29 is 32.0 Å². The Morgan fingerprint density at radius 1 is 1.20 bits per heavy atom. The van der Waals surface area contributed by atoms with Gasteiger partial charge in [-0.1, -0.05) is 12.1 Å². The van der Waals surface area contributed by atoms with Gasteiger partial charge >= 0.3 is 22.4 Å². The normalized spacial score (nSPS) is 12.8. The van der Waals surface area contributed by atoms with Crippen LogP contribution in [0.4, 0.5) is 10.5 Å². The van der Waals surface area contributed by atoms with E-state index in [2.05, 4.69) is 10.1 Å². The average Bonchev–Trinajstić information content (AvgIpc) is 2.44. The molecule has 1 aromatic carbocycles. The lowest BCUT2D eigenvalue weighted by molar-refractivity contribution is -0.143. The highest BCUT2D eigenvalue weighted by Crippen LogP contribution is 2.13. The number of ether oxygens (including phenoxy) is 2. The fourth-order valence-corrected chi connectivity index (χ4v) is 2.31. The van der Waals surface area contributed by atoms with Gasteiger partial charge < -0.3 is 14.8 Å². The summed E-state index contributed by atoms with van der Waals surface area (Å²) >= 11 is 0. The van der Waals surface area contributed by atoms with Gasteiger partial charge in [0.1, 0.15) is 11.6 Å². The van der Waals surface area contributed by atoms with Crippen LogP contribution in [-0.2, 0) is 31.0 Å². The molecule has 1 amide bonds. The number of methoxy groups -OCH3 is 1. The predicted octanol–water partition coefficient (Wildman–Crippen LogP) is 1.51. The van der Waals surface area contributed by atoms with E-state index in [4.69, 9.17) is 9.29 Å². The largest absolute Gasteiger partial charge is 0.467 e. The number of hydrogen-bond donors (Lipinski definition) is 3. The summed E-state index contributed by atoms with van der Waals surface area (Å²) in [7, 11) is -3.16. The van der Waals surface area contributed by atoms with E-state index in [1.807, 2.05) is 4.72 Å². The Hall–Kier alpha value is -2.33. The first-order chi connectivity index (χ1) is 11.4. The maximum absolute atomic E-state index is 11.9. The number of carbonyl (C=O) groups is 2. The van der Waals surface area contributed by atoms with Gasteiger partial charge in [-0.2, -0.15) is 8.42 Å². The van der Waals surface area contributed by atoms with Crippen LogP contribution in [0.2, 0.25) is 0 Å². The standard InChI is InChI=1S/C15H22N2O7S/c1-15(2,3)24-14(19)16-12(13(18)23-4)9-10-5-7-11(8-6-10)17-25(20,21)22/h5-8,12,17H,9H2,1-4H3,(H,16,19)(H,20,21,22). The third-order valence-electron chi connectivity index (χ3n) is 2.82. The van der Waals surface area contributed by atoms with Crippen molar-refractivity contribution in [2.45, 2.75) is 38.8 Å². The molecule has 140 valence electrons. The summed E-state index contributed by atoms with van der Waals surface area (Å²) in [6.45, 7) is 5.09. The lowest BCUT2D eigenvalue weighted by atomic mass is 10.1. The molecule has 1 atom stereocenters. The molecule has 25 heavy (non-hydrogen) atoms. The van der Waals surface area contributed by atoms with E-state index in [1.54, 1.807) is 32.9 Å². The first kappa shape index (κ1) is 20.7. The van der Waals surface area contributed by atoms with Gasteiger partial charge in [0.15, 0.2) is 0 Å². The number of rotatable bonds is 6. The van der Waals surface area contributed by atoms with Crippen molar-refractivity contribution in [2.75, 3.05) is 11.8 Å². The Balaban J connectivity index is 2.81. The molecule has 0 aliphatic carbocycles. The Morgan fingerprint density at radius 3 is 2.20 bits per heavy atom. The quantitative estimate of drug-likeness (QED) is 0.508. The molecule has 9 nitrogen and oxygen atoms in total. The zero-order valence-electron chi connectivity index (χ0n) is 14.4. The molecular formula is C15H22N2O7S. The van der Waals surface area contributed by atoms with Crippen LogP contribution in [0.15, 0.2) is 24.3 Å². The summed E-state index contributed by atoms with van der Waals surface area (Å²) < 4.78 is 41.9. The van der Waals surface area contributed by atoms with Crippen LogP contribution >= 0.6 is 0 Å². The first-order valence-electron chi connectivity index (χ1n) is 7.31. The molecular weight excluding hydrogens is 352 g/mol. The maximum atomic E-state index is 11.9. The number of esters is 1. The van der Waals surface area contributed by atoms with E-state index < -0.39 is 34.0 Å². The molecule has 3 N–H and O–H groups in total. The minimum Gasteiger partial charge on any atom is -0.467 e. The lowest BCUT2D eigenvalue weighted by Crippen LogP contribution is -2.45. The van der Waals surface area contributed by atoms with Crippen LogP contribution < -0.4 is 10.0 Å². The summed E-state index contributed by atoms with van der Waals surface area (Å²) in [6.07, 6.45) is -0.648. The van der Waals surface area contributed by atoms with Crippen molar-refractivity contribution in [3.63, 3.8) is 0 Å². The molecule has 0 radical (unpaired) electrons. The number of nitrogens with one attached hydrogen (secondary N) is 2. The molecule has 1 rings (SSSR count). The van der Waals surface area contributed by atoms with E-state index in [0.717, 1.165) is 0 Å². The highest BCUT2D eigenvalue weighted by atomic mass is 32.2. The van der Waals surface area contributed by atoms with Gasteiger partial charge in [-0.05, 0) is 38.5 Å². The second-order valence-electron chi connectivity index (χ2n) is 6.20. The Kier molecular flexibility index (Phi) is 6.77. The van der Waals surface area contributed by atoms with Gasteiger partial charge in [0.25, 0.3) is 0 Å². The van der Waals surface area contributed by atoms with Crippen molar-refractivity contribution in [2.24, 2.45) is 0 Å². The van der Waals surface area contributed by atoms with Crippen molar-refractivity contribution in [3.8, 4) is 0 Å². The van der Waals surface area contributed by atoms with E-state index in [1.165, 1.54) is 19.2 Å². The van der Waals surface area contributed by atoms with E-state index >= 15 is 0 Å². The second-order valence-corrected chi connectivity index (χ2v) is 7.35. The van der Waals surface area contributed by atoms with Gasteiger partial charge in [-0.3, -0.25) is 9.27 Å². The number of anilines is 1. The Morgan fingerprint density at radius 2 is 1.76 bits per heavy atom. The molecule has 0 aliphatic rings. The average molecular weight is 374 g/mol. The summed E-state index contributed by atoms with van der Waals surface area (Å²) in [5.74, 6) is -0.647. The number of benzene rings is 1. The summed E-state index contributed by atoms with van der Waals surface area (Å²) in [5, 5.41) is 2.44. The highest BCUT2D eigenvalue weighted by Gasteiger charge is 2.25. The summed E-state index contributed by atoms with van der Waals surface area (Å²) in [6, 6.07) is 4.93. The van der Waals surface area contributed by atoms with Crippen LogP contribution in [-0.4, -0.2) is 43.8 Å². The van der Waals surface area contributed by atoms with E-state index in [9.17, 15) is 18.0 Å². The van der Waals surface area contributed by atoms with Gasteiger partial charge in [0.05, 0.1) is 12.8 Å². The third-order valence-corrected chi connectivity index (χ3v) is 3.31. The van der Waals surface area contributed by atoms with Crippen molar-refractivity contribution in [1.29, 1.82) is 0 Å². The molecule has 1 unspecified atom stereocenters. The molecule has 0 aliphatic heterocycles. The second kappa shape index (κ2) is 8.17. The predicted molar refractivity (Wildman–Crippen MR) is 90.5 cm³/mol. The lowest BCUT2D eigenvalue weighted by Gasteiger charge is -2.22. The van der Waals surface area contributed by atoms with Crippen LogP contribution in [0.5, 0.6) is 0 Å².